The highest BCUT2D eigenvalue weighted by Crippen LogP contribution is 2.25. The van der Waals surface area contributed by atoms with Crippen molar-refractivity contribution in [2.75, 3.05) is 26.3 Å². The van der Waals surface area contributed by atoms with Gasteiger partial charge in [-0.3, -0.25) is 4.79 Å². The zero-order chi connectivity index (χ0) is 16.9. The van der Waals surface area contributed by atoms with Crippen molar-refractivity contribution in [3.63, 3.8) is 0 Å². The predicted molar refractivity (Wildman–Crippen MR) is 93.2 cm³/mol. The molecule has 0 radical (unpaired) electrons. The molecule has 2 saturated heterocycles. The number of nitrogens with zero attached hydrogens (tertiary/aromatic N) is 1. The van der Waals surface area contributed by atoms with E-state index in [0.717, 1.165) is 51.2 Å². The lowest BCUT2D eigenvalue weighted by Gasteiger charge is -2.38. The lowest BCUT2D eigenvalue weighted by molar-refractivity contribution is 0.0255. The van der Waals surface area contributed by atoms with Gasteiger partial charge >= 0.3 is 0 Å². The average molecular weight is 332 g/mol. The van der Waals surface area contributed by atoms with Gasteiger partial charge in [0.2, 0.25) is 0 Å². The highest BCUT2D eigenvalue weighted by Gasteiger charge is 2.29. The summed E-state index contributed by atoms with van der Waals surface area (Å²) < 4.78 is 11.3. The van der Waals surface area contributed by atoms with E-state index in [1.54, 1.807) is 0 Å². The van der Waals surface area contributed by atoms with Gasteiger partial charge < -0.3 is 20.1 Å². The molecule has 1 aromatic rings. The maximum Gasteiger partial charge on any atom is 0.254 e. The average Bonchev–Trinajstić information content (AvgIpc) is 2.62. The molecule has 2 heterocycles. The van der Waals surface area contributed by atoms with Gasteiger partial charge in [-0.2, -0.15) is 0 Å². The molecule has 24 heavy (non-hydrogen) atoms. The summed E-state index contributed by atoms with van der Waals surface area (Å²) in [6, 6.07) is 7.67. The molecule has 3 rings (SSSR count). The Morgan fingerprint density at radius 1 is 1.25 bits per heavy atom. The Morgan fingerprint density at radius 3 is 2.62 bits per heavy atom. The Bertz CT molecular complexity index is 540. The van der Waals surface area contributed by atoms with E-state index in [1.807, 2.05) is 29.2 Å². The van der Waals surface area contributed by atoms with Crippen molar-refractivity contribution in [2.24, 2.45) is 11.7 Å². The Balaban J connectivity index is 1.62. The SMILES string of the molecule is CC1CCN(C(=O)c2ccc(OC3CCOCC3)cc2)C(CN)C1. The van der Waals surface area contributed by atoms with Gasteiger partial charge in [0.05, 0.1) is 13.2 Å². The largest absolute Gasteiger partial charge is 0.490 e. The fraction of sp³-hybridized carbons (Fsp3) is 0.632. The normalized spacial score (nSPS) is 25.5. The fourth-order valence-corrected chi connectivity index (χ4v) is 3.57. The van der Waals surface area contributed by atoms with Crippen LogP contribution in [-0.4, -0.2) is 49.3 Å². The van der Waals surface area contributed by atoms with Crippen molar-refractivity contribution < 1.29 is 14.3 Å². The number of amides is 1. The minimum Gasteiger partial charge on any atom is -0.490 e. The maximum atomic E-state index is 12.8. The molecule has 2 fully saturated rings. The topological polar surface area (TPSA) is 64.8 Å². The van der Waals surface area contributed by atoms with Gasteiger partial charge in [0.1, 0.15) is 11.9 Å². The smallest absolute Gasteiger partial charge is 0.254 e. The van der Waals surface area contributed by atoms with Crippen LogP contribution in [0.15, 0.2) is 24.3 Å². The molecule has 2 unspecified atom stereocenters. The molecule has 132 valence electrons. The summed E-state index contributed by atoms with van der Waals surface area (Å²) in [5.74, 6) is 1.54. The summed E-state index contributed by atoms with van der Waals surface area (Å²) in [4.78, 5) is 14.7. The number of carbonyl (C=O) groups excluding carboxylic acids is 1. The van der Waals surface area contributed by atoms with E-state index in [0.29, 0.717) is 18.0 Å². The van der Waals surface area contributed by atoms with Crippen LogP contribution in [0, 0.1) is 5.92 Å². The number of hydrogen-bond donors (Lipinski definition) is 1. The van der Waals surface area contributed by atoms with Gasteiger partial charge in [0.25, 0.3) is 5.91 Å². The van der Waals surface area contributed by atoms with Crippen LogP contribution < -0.4 is 10.5 Å². The number of hydrogen-bond acceptors (Lipinski definition) is 4. The fourth-order valence-electron chi connectivity index (χ4n) is 3.57. The number of carbonyl (C=O) groups is 1. The van der Waals surface area contributed by atoms with Crippen LogP contribution in [-0.2, 0) is 4.74 Å². The van der Waals surface area contributed by atoms with E-state index in [9.17, 15) is 4.79 Å². The molecule has 0 aromatic heterocycles. The van der Waals surface area contributed by atoms with Crippen molar-refractivity contribution in [1.29, 1.82) is 0 Å². The Hall–Kier alpha value is -1.59. The third-order valence-corrected chi connectivity index (χ3v) is 5.08. The molecule has 1 aromatic carbocycles. The van der Waals surface area contributed by atoms with E-state index in [-0.39, 0.29) is 18.1 Å². The van der Waals surface area contributed by atoms with E-state index in [4.69, 9.17) is 15.2 Å². The van der Waals surface area contributed by atoms with Crippen molar-refractivity contribution in [2.45, 2.75) is 44.8 Å². The van der Waals surface area contributed by atoms with Gasteiger partial charge in [0.15, 0.2) is 0 Å². The molecule has 2 N–H and O–H groups in total. The summed E-state index contributed by atoms with van der Waals surface area (Å²) >= 11 is 0. The summed E-state index contributed by atoms with van der Waals surface area (Å²) in [7, 11) is 0. The molecule has 0 aliphatic carbocycles. The molecule has 2 aliphatic rings. The molecule has 1 amide bonds. The minimum atomic E-state index is 0.0787. The van der Waals surface area contributed by atoms with Crippen LogP contribution in [0.3, 0.4) is 0 Å². The number of ether oxygens (including phenoxy) is 2. The third kappa shape index (κ3) is 4.08. The standard InChI is InChI=1S/C19H28N2O3/c1-14-6-9-21(16(12-14)13-20)19(22)15-2-4-17(5-3-15)24-18-7-10-23-11-8-18/h2-5,14,16,18H,6-13,20H2,1H3. The van der Waals surface area contributed by atoms with Crippen molar-refractivity contribution in [1.82, 2.24) is 4.90 Å². The van der Waals surface area contributed by atoms with Crippen LogP contribution in [0.2, 0.25) is 0 Å². The Labute approximate surface area is 144 Å². The monoisotopic (exact) mass is 332 g/mol. The van der Waals surface area contributed by atoms with Gasteiger partial charge in [-0.05, 0) is 43.0 Å². The van der Waals surface area contributed by atoms with Crippen LogP contribution in [0.1, 0.15) is 43.0 Å². The first-order valence-electron chi connectivity index (χ1n) is 9.03. The van der Waals surface area contributed by atoms with Gasteiger partial charge in [-0.1, -0.05) is 6.92 Å². The number of nitrogens with two attached hydrogens (primary N) is 1. The second kappa shape index (κ2) is 7.99. The summed E-state index contributed by atoms with van der Waals surface area (Å²) in [5, 5.41) is 0. The predicted octanol–water partition coefficient (Wildman–Crippen LogP) is 2.44. The van der Waals surface area contributed by atoms with Crippen LogP contribution in [0.4, 0.5) is 0 Å². The lowest BCUT2D eigenvalue weighted by Crippen LogP contribution is -2.49. The molecule has 2 atom stereocenters. The van der Waals surface area contributed by atoms with E-state index < -0.39 is 0 Å². The minimum absolute atomic E-state index is 0.0787. The first kappa shape index (κ1) is 17.2. The number of rotatable bonds is 4. The Morgan fingerprint density at radius 2 is 1.96 bits per heavy atom. The Kier molecular flexibility index (Phi) is 5.74. The highest BCUT2D eigenvalue weighted by atomic mass is 16.5. The van der Waals surface area contributed by atoms with Gasteiger partial charge in [-0.15, -0.1) is 0 Å². The second-order valence-corrected chi connectivity index (χ2v) is 6.97. The van der Waals surface area contributed by atoms with Crippen LogP contribution in [0.5, 0.6) is 5.75 Å². The van der Waals surface area contributed by atoms with E-state index in [2.05, 4.69) is 6.92 Å². The quantitative estimate of drug-likeness (QED) is 0.920. The molecule has 5 nitrogen and oxygen atoms in total. The first-order chi connectivity index (χ1) is 11.7. The molecule has 2 aliphatic heterocycles. The zero-order valence-electron chi connectivity index (χ0n) is 14.4. The third-order valence-electron chi connectivity index (χ3n) is 5.08. The second-order valence-electron chi connectivity index (χ2n) is 6.97. The van der Waals surface area contributed by atoms with E-state index >= 15 is 0 Å². The number of piperidine rings is 1. The molecule has 0 spiro atoms. The van der Waals surface area contributed by atoms with Gasteiger partial charge in [0, 0.05) is 37.5 Å². The number of likely N-dealkylation sites (tertiary alicyclic amines) is 1. The molecule has 5 heteroatoms. The summed E-state index contributed by atoms with van der Waals surface area (Å²) in [6.07, 6.45) is 4.10. The molecular weight excluding hydrogens is 304 g/mol. The maximum absolute atomic E-state index is 12.8. The van der Waals surface area contributed by atoms with Crippen molar-refractivity contribution in [3.8, 4) is 5.75 Å². The summed E-state index contributed by atoms with van der Waals surface area (Å²) in [6.45, 7) is 5.07. The van der Waals surface area contributed by atoms with Gasteiger partial charge in [-0.25, -0.2) is 0 Å². The molecule has 0 saturated carbocycles. The highest BCUT2D eigenvalue weighted by molar-refractivity contribution is 5.94. The van der Waals surface area contributed by atoms with E-state index in [1.165, 1.54) is 0 Å². The van der Waals surface area contributed by atoms with Crippen molar-refractivity contribution in [3.05, 3.63) is 29.8 Å². The van der Waals surface area contributed by atoms with Crippen LogP contribution >= 0.6 is 0 Å². The molecular formula is C19H28N2O3. The summed E-state index contributed by atoms with van der Waals surface area (Å²) in [5.41, 5.74) is 6.59. The number of benzene rings is 1. The molecule has 0 bridgehead atoms. The lowest BCUT2D eigenvalue weighted by atomic mass is 9.92. The first-order valence-corrected chi connectivity index (χ1v) is 9.03. The zero-order valence-corrected chi connectivity index (χ0v) is 14.4. The van der Waals surface area contributed by atoms with Crippen molar-refractivity contribution >= 4 is 5.91 Å². The van der Waals surface area contributed by atoms with Crippen LogP contribution in [0.25, 0.3) is 0 Å².